The Morgan fingerprint density at radius 2 is 2.18 bits per heavy atom. The Morgan fingerprint density at radius 1 is 1.47 bits per heavy atom. The van der Waals surface area contributed by atoms with E-state index in [1.807, 2.05) is 27.7 Å². The van der Waals surface area contributed by atoms with Crippen LogP contribution in [0.1, 0.15) is 45.8 Å². The molecule has 5 heteroatoms. The molecule has 1 aromatic rings. The molecular formula is C12H20N2O3. The smallest absolute Gasteiger partial charge is 0.229 e. The van der Waals surface area contributed by atoms with Crippen LogP contribution in [-0.2, 0) is 16.6 Å². The topological polar surface area (TPSA) is 68.4 Å². The highest BCUT2D eigenvalue weighted by atomic mass is 16.5. The van der Waals surface area contributed by atoms with E-state index >= 15 is 0 Å². The van der Waals surface area contributed by atoms with Crippen LogP contribution in [0.3, 0.4) is 0 Å². The maximum Gasteiger partial charge on any atom is 0.229 e. The summed E-state index contributed by atoms with van der Waals surface area (Å²) < 4.78 is 10.6. The molecular weight excluding hydrogens is 220 g/mol. The summed E-state index contributed by atoms with van der Waals surface area (Å²) in [5, 5.41) is 14.2. The molecule has 0 radical (unpaired) electrons. The molecule has 1 aliphatic heterocycles. The van der Waals surface area contributed by atoms with E-state index in [2.05, 4.69) is 10.1 Å². The van der Waals surface area contributed by atoms with Gasteiger partial charge in [0.25, 0.3) is 0 Å². The van der Waals surface area contributed by atoms with Gasteiger partial charge in [0.2, 0.25) is 5.89 Å². The van der Waals surface area contributed by atoms with Gasteiger partial charge in [-0.05, 0) is 6.92 Å². The summed E-state index contributed by atoms with van der Waals surface area (Å²) in [5.41, 5.74) is -0.995. The fourth-order valence-electron chi connectivity index (χ4n) is 1.99. The van der Waals surface area contributed by atoms with Crippen molar-refractivity contribution in [2.24, 2.45) is 0 Å². The second kappa shape index (κ2) is 4.07. The van der Waals surface area contributed by atoms with Gasteiger partial charge in [-0.15, -0.1) is 0 Å². The van der Waals surface area contributed by atoms with Crippen LogP contribution in [-0.4, -0.2) is 33.6 Å². The second-order valence-corrected chi connectivity index (χ2v) is 5.99. The number of hydrogen-bond acceptors (Lipinski definition) is 5. The third-order valence-corrected chi connectivity index (χ3v) is 2.92. The summed E-state index contributed by atoms with van der Waals surface area (Å²) in [6.45, 7) is 8.36. The molecule has 0 bridgehead atoms. The fourth-order valence-corrected chi connectivity index (χ4v) is 1.99. The molecule has 0 unspecified atom stereocenters. The van der Waals surface area contributed by atoms with Crippen molar-refractivity contribution in [3.63, 3.8) is 0 Å². The predicted octanol–water partition coefficient (Wildman–Crippen LogP) is 1.45. The lowest BCUT2D eigenvalue weighted by Crippen LogP contribution is -2.32. The van der Waals surface area contributed by atoms with Crippen LogP contribution in [0.2, 0.25) is 0 Å². The SMILES string of the molecule is C[C@@H]1C[C@](O)(Cc2nc(C(C)(C)C)no2)CO1. The number of hydrogen-bond donors (Lipinski definition) is 1. The number of aromatic nitrogens is 2. The van der Waals surface area contributed by atoms with Crippen LogP contribution in [0.25, 0.3) is 0 Å². The lowest BCUT2D eigenvalue weighted by molar-refractivity contribution is 0.0173. The Balaban J connectivity index is 2.07. The van der Waals surface area contributed by atoms with Crippen molar-refractivity contribution in [1.82, 2.24) is 10.1 Å². The summed E-state index contributed by atoms with van der Waals surface area (Å²) in [7, 11) is 0. The number of nitrogens with zero attached hydrogens (tertiary/aromatic N) is 2. The van der Waals surface area contributed by atoms with Gasteiger partial charge in [-0.3, -0.25) is 0 Å². The minimum atomic E-state index is -0.860. The first-order valence-corrected chi connectivity index (χ1v) is 5.96. The van der Waals surface area contributed by atoms with Crippen LogP contribution in [0.5, 0.6) is 0 Å². The van der Waals surface area contributed by atoms with Crippen LogP contribution in [0.4, 0.5) is 0 Å². The van der Waals surface area contributed by atoms with Gasteiger partial charge in [-0.2, -0.15) is 4.98 Å². The minimum Gasteiger partial charge on any atom is -0.387 e. The largest absolute Gasteiger partial charge is 0.387 e. The predicted molar refractivity (Wildman–Crippen MR) is 61.7 cm³/mol. The Labute approximate surface area is 101 Å². The number of aliphatic hydroxyl groups is 1. The zero-order chi connectivity index (χ0) is 12.7. The molecule has 2 atom stereocenters. The maximum atomic E-state index is 10.3. The van der Waals surface area contributed by atoms with E-state index < -0.39 is 5.60 Å². The molecule has 0 spiro atoms. The first-order valence-electron chi connectivity index (χ1n) is 5.96. The molecule has 1 N–H and O–H groups in total. The average molecular weight is 240 g/mol. The first kappa shape index (κ1) is 12.5. The van der Waals surface area contributed by atoms with Crippen LogP contribution in [0, 0.1) is 0 Å². The average Bonchev–Trinajstić information content (AvgIpc) is 2.73. The molecule has 2 heterocycles. The Bertz CT molecular complexity index is 397. The van der Waals surface area contributed by atoms with Gasteiger partial charge in [0, 0.05) is 11.8 Å². The zero-order valence-electron chi connectivity index (χ0n) is 10.9. The monoisotopic (exact) mass is 240 g/mol. The van der Waals surface area contributed by atoms with E-state index in [4.69, 9.17) is 9.26 Å². The molecule has 2 rings (SSSR count). The van der Waals surface area contributed by atoms with E-state index in [0.717, 1.165) is 0 Å². The van der Waals surface area contributed by atoms with E-state index in [1.165, 1.54) is 0 Å². The Morgan fingerprint density at radius 3 is 2.65 bits per heavy atom. The molecule has 1 fully saturated rings. The van der Waals surface area contributed by atoms with Gasteiger partial charge < -0.3 is 14.4 Å². The number of ether oxygens (including phenoxy) is 1. The lowest BCUT2D eigenvalue weighted by Gasteiger charge is -2.17. The summed E-state index contributed by atoms with van der Waals surface area (Å²) in [6.07, 6.45) is 1.06. The van der Waals surface area contributed by atoms with Crippen molar-refractivity contribution in [1.29, 1.82) is 0 Å². The van der Waals surface area contributed by atoms with Gasteiger partial charge in [0.1, 0.15) is 0 Å². The van der Waals surface area contributed by atoms with Crippen LogP contribution < -0.4 is 0 Å². The molecule has 0 aromatic carbocycles. The zero-order valence-corrected chi connectivity index (χ0v) is 10.9. The molecule has 0 saturated carbocycles. The Kier molecular flexibility index (Phi) is 2.99. The van der Waals surface area contributed by atoms with Crippen molar-refractivity contribution < 1.29 is 14.4 Å². The van der Waals surface area contributed by atoms with Crippen LogP contribution in [0.15, 0.2) is 4.52 Å². The summed E-state index contributed by atoms with van der Waals surface area (Å²) in [6, 6.07) is 0. The second-order valence-electron chi connectivity index (χ2n) is 5.99. The Hall–Kier alpha value is -0.940. The molecule has 96 valence electrons. The van der Waals surface area contributed by atoms with Crippen molar-refractivity contribution in [2.45, 2.75) is 57.7 Å². The lowest BCUT2D eigenvalue weighted by atomic mass is 9.95. The van der Waals surface area contributed by atoms with Crippen molar-refractivity contribution in [3.05, 3.63) is 11.7 Å². The molecule has 1 saturated heterocycles. The highest BCUT2D eigenvalue weighted by Gasteiger charge is 2.38. The molecule has 1 aromatic heterocycles. The molecule has 1 aliphatic rings. The summed E-state index contributed by atoms with van der Waals surface area (Å²) in [4.78, 5) is 4.32. The highest BCUT2D eigenvalue weighted by molar-refractivity contribution is 5.02. The minimum absolute atomic E-state index is 0.0880. The third-order valence-electron chi connectivity index (χ3n) is 2.92. The molecule has 0 amide bonds. The first-order chi connectivity index (χ1) is 7.78. The van der Waals surface area contributed by atoms with Crippen molar-refractivity contribution >= 4 is 0 Å². The van der Waals surface area contributed by atoms with Gasteiger partial charge >= 0.3 is 0 Å². The van der Waals surface area contributed by atoms with Crippen molar-refractivity contribution in [3.8, 4) is 0 Å². The molecule has 0 aliphatic carbocycles. The maximum absolute atomic E-state index is 10.3. The van der Waals surface area contributed by atoms with E-state index in [9.17, 15) is 5.11 Å². The molecule has 5 nitrogen and oxygen atoms in total. The standard InChI is InChI=1S/C12H20N2O3/c1-8-5-12(15,7-16-8)6-9-13-10(14-17-9)11(2,3)4/h8,15H,5-7H2,1-4H3/t8-,12+/m1/s1. The van der Waals surface area contributed by atoms with Crippen molar-refractivity contribution in [2.75, 3.05) is 6.61 Å². The highest BCUT2D eigenvalue weighted by Crippen LogP contribution is 2.28. The van der Waals surface area contributed by atoms with Gasteiger partial charge in [-0.1, -0.05) is 25.9 Å². The summed E-state index contributed by atoms with van der Waals surface area (Å²) in [5.74, 6) is 1.15. The third kappa shape index (κ3) is 2.84. The molecule has 17 heavy (non-hydrogen) atoms. The number of rotatable bonds is 2. The quantitative estimate of drug-likeness (QED) is 0.847. The van der Waals surface area contributed by atoms with E-state index in [-0.39, 0.29) is 11.5 Å². The van der Waals surface area contributed by atoms with Gasteiger partial charge in [0.05, 0.1) is 24.7 Å². The van der Waals surface area contributed by atoms with Gasteiger partial charge in [0.15, 0.2) is 5.82 Å². The summed E-state index contributed by atoms with van der Waals surface area (Å²) >= 11 is 0. The normalized spacial score (nSPS) is 29.8. The van der Waals surface area contributed by atoms with E-state index in [1.54, 1.807) is 0 Å². The fraction of sp³-hybridized carbons (Fsp3) is 0.833. The van der Waals surface area contributed by atoms with Crippen LogP contribution >= 0.6 is 0 Å². The van der Waals surface area contributed by atoms with Gasteiger partial charge in [-0.25, -0.2) is 0 Å². The van der Waals surface area contributed by atoms with E-state index in [0.29, 0.717) is 31.2 Å².